The summed E-state index contributed by atoms with van der Waals surface area (Å²) in [7, 11) is 0. The summed E-state index contributed by atoms with van der Waals surface area (Å²) in [6.07, 6.45) is 1.02. The minimum Gasteiger partial charge on any atom is -0.373 e. The molecule has 1 aromatic carbocycles. The molecule has 1 aromatic rings. The van der Waals surface area contributed by atoms with E-state index in [2.05, 4.69) is 35.0 Å². The second kappa shape index (κ2) is 3.19. The molecule has 0 bridgehead atoms. The predicted molar refractivity (Wildman–Crippen MR) is 51.9 cm³/mol. The molecule has 0 saturated heterocycles. The Labute approximate surface area is 80.9 Å². The van der Waals surface area contributed by atoms with Crippen molar-refractivity contribution >= 4 is 15.9 Å². The first-order valence-corrected chi connectivity index (χ1v) is 4.79. The first kappa shape index (κ1) is 8.27. The first-order chi connectivity index (χ1) is 5.77. The van der Waals surface area contributed by atoms with Crippen LogP contribution in [0.15, 0.2) is 22.7 Å². The zero-order chi connectivity index (χ0) is 8.55. The SMILES string of the molecule is [CH2]C1OCCc2cc(Br)ccc21. The molecule has 0 aromatic heterocycles. The molecular formula is C10H10BrO. The van der Waals surface area contributed by atoms with Gasteiger partial charge in [0.1, 0.15) is 0 Å². The van der Waals surface area contributed by atoms with Crippen LogP contribution in [0, 0.1) is 6.92 Å². The Morgan fingerprint density at radius 3 is 3.17 bits per heavy atom. The minimum atomic E-state index is 0.0156. The van der Waals surface area contributed by atoms with Crippen LogP contribution in [0.4, 0.5) is 0 Å². The van der Waals surface area contributed by atoms with E-state index < -0.39 is 0 Å². The summed E-state index contributed by atoms with van der Waals surface area (Å²) in [6.45, 7) is 4.72. The van der Waals surface area contributed by atoms with Crippen LogP contribution in [0.2, 0.25) is 0 Å². The van der Waals surface area contributed by atoms with Gasteiger partial charge in [0.15, 0.2) is 0 Å². The van der Waals surface area contributed by atoms with Crippen LogP contribution in [0.1, 0.15) is 17.2 Å². The standard InChI is InChI=1S/C10H10BrO/c1-7-10-3-2-9(11)6-8(10)4-5-12-7/h2-3,6-7H,1,4-5H2. The average molecular weight is 226 g/mol. The molecule has 1 unspecified atom stereocenters. The molecule has 1 aliphatic heterocycles. The van der Waals surface area contributed by atoms with Gasteiger partial charge in [-0.1, -0.05) is 22.0 Å². The van der Waals surface area contributed by atoms with Gasteiger partial charge in [-0.2, -0.15) is 0 Å². The van der Waals surface area contributed by atoms with Crippen molar-refractivity contribution in [2.24, 2.45) is 0 Å². The largest absolute Gasteiger partial charge is 0.373 e. The van der Waals surface area contributed by atoms with Crippen LogP contribution in [0.3, 0.4) is 0 Å². The van der Waals surface area contributed by atoms with Gasteiger partial charge in [0.05, 0.1) is 12.7 Å². The first-order valence-electron chi connectivity index (χ1n) is 4.00. The fourth-order valence-corrected chi connectivity index (χ4v) is 1.91. The van der Waals surface area contributed by atoms with Crippen molar-refractivity contribution in [2.45, 2.75) is 12.5 Å². The highest BCUT2D eigenvalue weighted by Gasteiger charge is 2.16. The predicted octanol–water partition coefficient (Wildman–Crippen LogP) is 2.90. The van der Waals surface area contributed by atoms with E-state index in [-0.39, 0.29) is 6.10 Å². The van der Waals surface area contributed by atoms with E-state index in [1.165, 1.54) is 11.1 Å². The van der Waals surface area contributed by atoms with Crippen molar-refractivity contribution < 1.29 is 4.74 Å². The number of rotatable bonds is 0. The molecule has 0 amide bonds. The van der Waals surface area contributed by atoms with E-state index in [1.54, 1.807) is 0 Å². The zero-order valence-electron chi connectivity index (χ0n) is 6.72. The second-order valence-corrected chi connectivity index (χ2v) is 3.87. The topological polar surface area (TPSA) is 9.23 Å². The van der Waals surface area contributed by atoms with Crippen molar-refractivity contribution in [1.82, 2.24) is 0 Å². The van der Waals surface area contributed by atoms with Crippen molar-refractivity contribution in [3.05, 3.63) is 40.7 Å². The number of hydrogen-bond acceptors (Lipinski definition) is 1. The number of halogens is 1. The minimum absolute atomic E-state index is 0.0156. The van der Waals surface area contributed by atoms with Gasteiger partial charge in [0.25, 0.3) is 0 Å². The van der Waals surface area contributed by atoms with E-state index in [1.807, 2.05) is 6.07 Å². The van der Waals surface area contributed by atoms with Gasteiger partial charge < -0.3 is 4.74 Å². The smallest absolute Gasteiger partial charge is 0.0828 e. The maximum absolute atomic E-state index is 5.42. The summed E-state index contributed by atoms with van der Waals surface area (Å²) in [5.41, 5.74) is 2.58. The molecule has 2 heteroatoms. The Hall–Kier alpha value is -0.340. The van der Waals surface area contributed by atoms with E-state index in [0.717, 1.165) is 17.5 Å². The molecule has 1 radical (unpaired) electrons. The Morgan fingerprint density at radius 2 is 2.33 bits per heavy atom. The third-order valence-electron chi connectivity index (χ3n) is 2.14. The fourth-order valence-electron chi connectivity index (χ4n) is 1.51. The van der Waals surface area contributed by atoms with Crippen molar-refractivity contribution in [3.63, 3.8) is 0 Å². The highest BCUT2D eigenvalue weighted by Crippen LogP contribution is 2.28. The highest BCUT2D eigenvalue weighted by molar-refractivity contribution is 9.10. The highest BCUT2D eigenvalue weighted by atomic mass is 79.9. The molecule has 0 aliphatic carbocycles. The van der Waals surface area contributed by atoms with Gasteiger partial charge in [0.2, 0.25) is 0 Å². The Morgan fingerprint density at radius 1 is 1.50 bits per heavy atom. The van der Waals surface area contributed by atoms with Crippen LogP contribution >= 0.6 is 15.9 Å². The summed E-state index contributed by atoms with van der Waals surface area (Å²) >= 11 is 3.45. The van der Waals surface area contributed by atoms with Gasteiger partial charge in [0, 0.05) is 4.47 Å². The van der Waals surface area contributed by atoms with Crippen molar-refractivity contribution in [2.75, 3.05) is 6.61 Å². The molecule has 0 spiro atoms. The van der Waals surface area contributed by atoms with Gasteiger partial charge in [-0.15, -0.1) is 0 Å². The number of hydrogen-bond donors (Lipinski definition) is 0. The van der Waals surface area contributed by atoms with Crippen LogP contribution in [0.5, 0.6) is 0 Å². The van der Waals surface area contributed by atoms with E-state index in [4.69, 9.17) is 4.74 Å². The van der Waals surface area contributed by atoms with Gasteiger partial charge in [-0.3, -0.25) is 0 Å². The third kappa shape index (κ3) is 1.41. The summed E-state index contributed by atoms with van der Waals surface area (Å²) in [5.74, 6) is 0. The van der Waals surface area contributed by atoms with Crippen molar-refractivity contribution in [3.8, 4) is 0 Å². The Bertz CT molecular complexity index is 296. The molecule has 1 heterocycles. The molecule has 12 heavy (non-hydrogen) atoms. The average Bonchev–Trinajstić information content (AvgIpc) is 2.04. The lowest BCUT2D eigenvalue weighted by atomic mass is 9.99. The number of benzene rings is 1. The fraction of sp³-hybridized carbons (Fsp3) is 0.300. The maximum atomic E-state index is 5.42. The lowest BCUT2D eigenvalue weighted by molar-refractivity contribution is 0.0731. The van der Waals surface area contributed by atoms with Gasteiger partial charge in [-0.25, -0.2) is 0 Å². The summed E-state index contributed by atoms with van der Waals surface area (Å²) in [5, 5.41) is 0. The van der Waals surface area contributed by atoms with E-state index in [9.17, 15) is 0 Å². The van der Waals surface area contributed by atoms with Crippen LogP contribution in [-0.2, 0) is 11.2 Å². The van der Waals surface area contributed by atoms with Crippen molar-refractivity contribution in [1.29, 1.82) is 0 Å². The molecule has 0 saturated carbocycles. The third-order valence-corrected chi connectivity index (χ3v) is 2.64. The molecule has 2 rings (SSSR count). The molecule has 63 valence electrons. The Balaban J connectivity index is 2.46. The lowest BCUT2D eigenvalue weighted by Crippen LogP contribution is -2.13. The summed E-state index contributed by atoms with van der Waals surface area (Å²) in [6, 6.07) is 6.26. The van der Waals surface area contributed by atoms with E-state index in [0.29, 0.717) is 0 Å². The maximum Gasteiger partial charge on any atom is 0.0828 e. The van der Waals surface area contributed by atoms with Gasteiger partial charge >= 0.3 is 0 Å². The van der Waals surface area contributed by atoms with Gasteiger partial charge in [-0.05, 0) is 36.6 Å². The Kier molecular flexibility index (Phi) is 2.20. The summed E-state index contributed by atoms with van der Waals surface area (Å²) in [4.78, 5) is 0. The van der Waals surface area contributed by atoms with Crippen LogP contribution in [0.25, 0.3) is 0 Å². The number of fused-ring (bicyclic) bond motifs is 1. The molecule has 1 atom stereocenters. The summed E-state index contributed by atoms with van der Waals surface area (Å²) < 4.78 is 6.55. The second-order valence-electron chi connectivity index (χ2n) is 2.95. The zero-order valence-corrected chi connectivity index (χ0v) is 8.30. The van der Waals surface area contributed by atoms with Crippen LogP contribution in [-0.4, -0.2) is 6.61 Å². The van der Waals surface area contributed by atoms with E-state index >= 15 is 0 Å². The quantitative estimate of drug-likeness (QED) is 0.660. The molecule has 0 N–H and O–H groups in total. The lowest BCUT2D eigenvalue weighted by Gasteiger charge is -2.22. The molecular weight excluding hydrogens is 216 g/mol. The monoisotopic (exact) mass is 225 g/mol. The normalized spacial score (nSPS) is 22.0. The molecule has 1 aliphatic rings. The molecule has 0 fully saturated rings. The number of ether oxygens (including phenoxy) is 1. The molecule has 1 nitrogen and oxygen atoms in total. The van der Waals surface area contributed by atoms with Crippen LogP contribution < -0.4 is 0 Å².